The molecule has 8 heteroatoms. The fourth-order valence-corrected chi connectivity index (χ4v) is 3.50. The van der Waals surface area contributed by atoms with E-state index in [1.807, 2.05) is 17.5 Å². The van der Waals surface area contributed by atoms with Gasteiger partial charge in [0.05, 0.1) is 14.6 Å². The average molecular weight is 325 g/mol. The zero-order valence-corrected chi connectivity index (χ0v) is 12.4. The summed E-state index contributed by atoms with van der Waals surface area (Å²) in [5.41, 5.74) is 3.79. The molecule has 2 heterocycles. The molecular weight excluding hydrogens is 316 g/mol. The first-order valence-corrected chi connectivity index (χ1v) is 7.66. The SMILES string of the molecule is NNc1nc2c(Cl)cc(NC(=O)c3cccs3)cc2s1. The number of fused-ring (bicyclic) bond motifs is 1. The van der Waals surface area contributed by atoms with Crippen LogP contribution in [0.15, 0.2) is 29.6 Å². The normalized spacial score (nSPS) is 10.7. The first-order valence-electron chi connectivity index (χ1n) is 5.59. The lowest BCUT2D eigenvalue weighted by Crippen LogP contribution is -2.09. The van der Waals surface area contributed by atoms with Crippen LogP contribution in [0.25, 0.3) is 10.2 Å². The van der Waals surface area contributed by atoms with Crippen LogP contribution in [0.1, 0.15) is 9.67 Å². The predicted octanol–water partition coefficient (Wildman–Crippen LogP) is 3.55. The van der Waals surface area contributed by atoms with Crippen molar-refractivity contribution in [1.82, 2.24) is 4.98 Å². The summed E-state index contributed by atoms with van der Waals surface area (Å²) < 4.78 is 0.854. The number of nitrogen functional groups attached to an aromatic ring is 1. The second-order valence-corrected chi connectivity index (χ2v) is 6.29. The Morgan fingerprint density at radius 3 is 2.95 bits per heavy atom. The maximum Gasteiger partial charge on any atom is 0.265 e. The van der Waals surface area contributed by atoms with Gasteiger partial charge in [0.2, 0.25) is 0 Å². The second kappa shape index (κ2) is 5.37. The number of nitrogens with two attached hydrogens (primary N) is 1. The van der Waals surface area contributed by atoms with Gasteiger partial charge in [0.1, 0.15) is 5.52 Å². The Kier molecular flexibility index (Phi) is 3.58. The Morgan fingerprint density at radius 2 is 2.25 bits per heavy atom. The fraction of sp³-hybridized carbons (Fsp3) is 0. The standard InChI is InChI=1S/C12H9ClN4OS2/c13-7-4-6(15-11(18)8-2-1-3-19-8)5-9-10(7)16-12(17-14)20-9/h1-5H,14H2,(H,15,18)(H,16,17). The van der Waals surface area contributed by atoms with Gasteiger partial charge in [0, 0.05) is 5.69 Å². The number of hydrogen-bond donors (Lipinski definition) is 3. The van der Waals surface area contributed by atoms with Gasteiger partial charge in [0.25, 0.3) is 5.91 Å². The topological polar surface area (TPSA) is 80.0 Å². The Hall–Kier alpha value is -1.67. The molecule has 5 nitrogen and oxygen atoms in total. The minimum absolute atomic E-state index is 0.155. The average Bonchev–Trinajstić information content (AvgIpc) is 3.07. The minimum Gasteiger partial charge on any atom is -0.321 e. The fourth-order valence-electron chi connectivity index (χ4n) is 1.72. The minimum atomic E-state index is -0.155. The summed E-state index contributed by atoms with van der Waals surface area (Å²) in [6, 6.07) is 7.10. The Labute approximate surface area is 127 Å². The highest BCUT2D eigenvalue weighted by atomic mass is 35.5. The van der Waals surface area contributed by atoms with Crippen molar-refractivity contribution in [3.63, 3.8) is 0 Å². The zero-order valence-electron chi connectivity index (χ0n) is 10.0. The van der Waals surface area contributed by atoms with E-state index in [4.69, 9.17) is 17.4 Å². The molecule has 1 aromatic carbocycles. The van der Waals surface area contributed by atoms with Gasteiger partial charge in [-0.15, -0.1) is 11.3 Å². The van der Waals surface area contributed by atoms with Gasteiger partial charge >= 0.3 is 0 Å². The molecule has 0 saturated carbocycles. The molecule has 0 aliphatic rings. The molecule has 4 N–H and O–H groups in total. The molecule has 0 bridgehead atoms. The van der Waals surface area contributed by atoms with E-state index in [-0.39, 0.29) is 5.91 Å². The Bertz CT molecular complexity index is 769. The quantitative estimate of drug-likeness (QED) is 0.508. The third kappa shape index (κ3) is 2.48. The molecule has 0 aliphatic carbocycles. The number of benzene rings is 1. The summed E-state index contributed by atoms with van der Waals surface area (Å²) in [4.78, 5) is 16.9. The van der Waals surface area contributed by atoms with Crippen molar-refractivity contribution >= 4 is 61.2 Å². The molecule has 3 rings (SSSR count). The first-order chi connectivity index (χ1) is 9.67. The van der Waals surface area contributed by atoms with E-state index >= 15 is 0 Å². The smallest absolute Gasteiger partial charge is 0.265 e. The highest BCUT2D eigenvalue weighted by Gasteiger charge is 2.11. The highest BCUT2D eigenvalue weighted by molar-refractivity contribution is 7.22. The lowest BCUT2D eigenvalue weighted by Gasteiger charge is -2.04. The maximum atomic E-state index is 12.0. The lowest BCUT2D eigenvalue weighted by atomic mass is 10.3. The Balaban J connectivity index is 1.94. The van der Waals surface area contributed by atoms with E-state index in [1.54, 1.807) is 12.1 Å². The number of halogens is 1. The lowest BCUT2D eigenvalue weighted by molar-refractivity contribution is 0.103. The zero-order chi connectivity index (χ0) is 14.1. The number of thiophene rings is 1. The van der Waals surface area contributed by atoms with Crippen LogP contribution in [0.2, 0.25) is 5.02 Å². The van der Waals surface area contributed by atoms with E-state index in [1.165, 1.54) is 22.7 Å². The number of aromatic nitrogens is 1. The summed E-state index contributed by atoms with van der Waals surface area (Å²) in [5.74, 6) is 5.18. The molecule has 0 aliphatic heterocycles. The molecule has 1 amide bonds. The van der Waals surface area contributed by atoms with Crippen LogP contribution in [-0.4, -0.2) is 10.9 Å². The van der Waals surface area contributed by atoms with Crippen molar-refractivity contribution in [3.05, 3.63) is 39.5 Å². The van der Waals surface area contributed by atoms with Crippen molar-refractivity contribution in [3.8, 4) is 0 Å². The number of thiazole rings is 1. The third-order valence-electron chi connectivity index (χ3n) is 2.57. The van der Waals surface area contributed by atoms with Crippen molar-refractivity contribution in [1.29, 1.82) is 0 Å². The predicted molar refractivity (Wildman–Crippen MR) is 84.7 cm³/mol. The molecule has 3 aromatic rings. The number of amides is 1. The maximum absolute atomic E-state index is 12.0. The van der Waals surface area contributed by atoms with Crippen LogP contribution >= 0.6 is 34.3 Å². The monoisotopic (exact) mass is 324 g/mol. The summed E-state index contributed by atoms with van der Waals surface area (Å²) in [5, 5.41) is 5.72. The molecule has 0 atom stereocenters. The summed E-state index contributed by atoms with van der Waals surface area (Å²) in [6.07, 6.45) is 0. The summed E-state index contributed by atoms with van der Waals surface area (Å²) in [6.45, 7) is 0. The second-order valence-electron chi connectivity index (χ2n) is 3.90. The molecule has 20 heavy (non-hydrogen) atoms. The van der Waals surface area contributed by atoms with Gasteiger partial charge in [-0.1, -0.05) is 29.0 Å². The molecule has 0 saturated heterocycles. The van der Waals surface area contributed by atoms with E-state index in [2.05, 4.69) is 15.7 Å². The van der Waals surface area contributed by atoms with E-state index in [0.717, 1.165) is 4.70 Å². The largest absolute Gasteiger partial charge is 0.321 e. The van der Waals surface area contributed by atoms with Crippen molar-refractivity contribution < 1.29 is 4.79 Å². The van der Waals surface area contributed by atoms with Gasteiger partial charge in [0.15, 0.2) is 5.13 Å². The summed E-state index contributed by atoms with van der Waals surface area (Å²) in [7, 11) is 0. The molecule has 0 spiro atoms. The van der Waals surface area contributed by atoms with Crippen molar-refractivity contribution in [2.45, 2.75) is 0 Å². The number of carbonyl (C=O) groups excluding carboxylic acids is 1. The van der Waals surface area contributed by atoms with Crippen LogP contribution in [0.4, 0.5) is 10.8 Å². The third-order valence-corrected chi connectivity index (χ3v) is 4.67. The number of hydrogen-bond acceptors (Lipinski definition) is 6. The van der Waals surface area contributed by atoms with Crippen LogP contribution in [-0.2, 0) is 0 Å². The number of anilines is 2. The number of carbonyl (C=O) groups is 1. The van der Waals surface area contributed by atoms with Crippen LogP contribution < -0.4 is 16.6 Å². The van der Waals surface area contributed by atoms with Gasteiger partial charge < -0.3 is 5.32 Å². The number of hydrazine groups is 1. The van der Waals surface area contributed by atoms with Crippen molar-refractivity contribution in [2.75, 3.05) is 10.7 Å². The van der Waals surface area contributed by atoms with E-state index in [9.17, 15) is 4.79 Å². The molecular formula is C12H9ClN4OS2. The van der Waals surface area contributed by atoms with E-state index in [0.29, 0.717) is 26.2 Å². The van der Waals surface area contributed by atoms with Gasteiger partial charge in [-0.2, -0.15) is 0 Å². The van der Waals surface area contributed by atoms with Crippen LogP contribution in [0, 0.1) is 0 Å². The van der Waals surface area contributed by atoms with Gasteiger partial charge in [-0.25, -0.2) is 10.8 Å². The molecule has 102 valence electrons. The van der Waals surface area contributed by atoms with Crippen LogP contribution in [0.5, 0.6) is 0 Å². The van der Waals surface area contributed by atoms with Gasteiger partial charge in [-0.3, -0.25) is 10.2 Å². The molecule has 2 aromatic heterocycles. The first kappa shape index (κ1) is 13.3. The van der Waals surface area contributed by atoms with E-state index < -0.39 is 0 Å². The number of nitrogens with one attached hydrogen (secondary N) is 2. The van der Waals surface area contributed by atoms with Crippen LogP contribution in [0.3, 0.4) is 0 Å². The Morgan fingerprint density at radius 1 is 1.40 bits per heavy atom. The number of nitrogens with zero attached hydrogens (tertiary/aromatic N) is 1. The molecule has 0 fully saturated rings. The highest BCUT2D eigenvalue weighted by Crippen LogP contribution is 2.33. The van der Waals surface area contributed by atoms with Crippen molar-refractivity contribution in [2.24, 2.45) is 5.84 Å². The van der Waals surface area contributed by atoms with Gasteiger partial charge in [-0.05, 0) is 23.6 Å². The molecule has 0 radical (unpaired) electrons. The summed E-state index contributed by atoms with van der Waals surface area (Å²) >= 11 is 8.92. The molecule has 0 unspecified atom stereocenters. The number of rotatable bonds is 3.